The smallest absolute Gasteiger partial charge is 0.340 e. The number of unbranched alkanes of at least 4 members (excludes halogenated alkanes) is 1. The number of aryl methyl sites for hydroxylation is 2. The number of sulfonamides is 1. The van der Waals surface area contributed by atoms with E-state index in [2.05, 4.69) is 0 Å². The quantitative estimate of drug-likeness (QED) is 0.835. The molecule has 0 amide bonds. The van der Waals surface area contributed by atoms with Crippen LogP contribution in [0.3, 0.4) is 0 Å². The summed E-state index contributed by atoms with van der Waals surface area (Å²) in [4.78, 5) is 11.2. The van der Waals surface area contributed by atoms with Gasteiger partial charge in [0.05, 0.1) is 0 Å². The third-order valence-corrected chi connectivity index (χ3v) is 5.78. The Morgan fingerprint density at radius 1 is 1.33 bits per heavy atom. The molecule has 1 aliphatic rings. The molecule has 0 bridgehead atoms. The van der Waals surface area contributed by atoms with Crippen molar-refractivity contribution in [1.82, 2.24) is 4.31 Å². The van der Waals surface area contributed by atoms with Gasteiger partial charge >= 0.3 is 5.97 Å². The lowest BCUT2D eigenvalue weighted by molar-refractivity contribution is 0.0691. The van der Waals surface area contributed by atoms with Gasteiger partial charge in [-0.05, 0) is 33.1 Å². The highest BCUT2D eigenvalue weighted by Crippen LogP contribution is 2.36. The summed E-state index contributed by atoms with van der Waals surface area (Å²) in [6, 6.07) is -0.00204. The van der Waals surface area contributed by atoms with Crippen LogP contribution in [0.5, 0.6) is 0 Å². The molecule has 0 saturated heterocycles. The van der Waals surface area contributed by atoms with Gasteiger partial charge in [0, 0.05) is 12.6 Å². The standard InChI is InChI=1S/C14H21NO5S/c1-4-5-8-15(11-6-7-11)21(18,19)13-10(3)20-9(2)12(13)14(16)17/h11H,4-8H2,1-3H3,(H,16,17). The lowest BCUT2D eigenvalue weighted by Gasteiger charge is -2.21. The number of carboxylic acid groups (broad SMARTS) is 1. The zero-order valence-corrected chi connectivity index (χ0v) is 13.4. The molecule has 1 saturated carbocycles. The van der Waals surface area contributed by atoms with Gasteiger partial charge in [0.2, 0.25) is 10.0 Å². The molecule has 1 N–H and O–H groups in total. The second-order valence-corrected chi connectivity index (χ2v) is 7.25. The van der Waals surface area contributed by atoms with Gasteiger partial charge < -0.3 is 9.52 Å². The predicted octanol–water partition coefficient (Wildman–Crippen LogP) is 2.55. The number of carboxylic acids is 1. The second kappa shape index (κ2) is 5.81. The summed E-state index contributed by atoms with van der Waals surface area (Å²) in [5.41, 5.74) is -0.241. The Bertz CT molecular complexity index is 643. The molecule has 7 heteroatoms. The first-order valence-electron chi connectivity index (χ1n) is 7.15. The third-order valence-electron chi connectivity index (χ3n) is 3.67. The van der Waals surface area contributed by atoms with Crippen molar-refractivity contribution in [2.75, 3.05) is 6.54 Å². The number of hydrogen-bond acceptors (Lipinski definition) is 4. The average Bonchev–Trinajstić information content (AvgIpc) is 3.14. The molecule has 2 rings (SSSR count). The largest absolute Gasteiger partial charge is 0.478 e. The predicted molar refractivity (Wildman–Crippen MR) is 77.0 cm³/mol. The van der Waals surface area contributed by atoms with E-state index in [-0.39, 0.29) is 28.0 Å². The van der Waals surface area contributed by atoms with Crippen molar-refractivity contribution in [1.29, 1.82) is 0 Å². The Labute approximate surface area is 124 Å². The van der Waals surface area contributed by atoms with Gasteiger partial charge in [-0.25, -0.2) is 13.2 Å². The number of nitrogens with zero attached hydrogens (tertiary/aromatic N) is 1. The van der Waals surface area contributed by atoms with Crippen molar-refractivity contribution < 1.29 is 22.7 Å². The highest BCUT2D eigenvalue weighted by atomic mass is 32.2. The Morgan fingerprint density at radius 2 is 1.95 bits per heavy atom. The zero-order chi connectivity index (χ0) is 15.8. The molecule has 0 radical (unpaired) electrons. The Kier molecular flexibility index (Phi) is 4.43. The van der Waals surface area contributed by atoms with Crippen LogP contribution in [0.1, 0.15) is 54.5 Å². The highest BCUT2D eigenvalue weighted by Gasteiger charge is 2.41. The van der Waals surface area contributed by atoms with Gasteiger partial charge in [-0.15, -0.1) is 0 Å². The van der Waals surface area contributed by atoms with Gasteiger partial charge in [-0.3, -0.25) is 0 Å². The molecule has 0 spiro atoms. The van der Waals surface area contributed by atoms with Crippen molar-refractivity contribution in [3.8, 4) is 0 Å². The molecule has 1 aromatic heterocycles. The SMILES string of the molecule is CCCCN(C1CC1)S(=O)(=O)c1c(C)oc(C)c1C(=O)O. The first-order chi connectivity index (χ1) is 9.80. The van der Waals surface area contributed by atoms with Crippen LogP contribution in [-0.2, 0) is 10.0 Å². The van der Waals surface area contributed by atoms with Crippen LogP contribution < -0.4 is 0 Å². The fourth-order valence-electron chi connectivity index (χ4n) is 2.51. The lowest BCUT2D eigenvalue weighted by Crippen LogP contribution is -2.35. The molecule has 0 aromatic carbocycles. The average molecular weight is 315 g/mol. The Morgan fingerprint density at radius 3 is 2.43 bits per heavy atom. The van der Waals surface area contributed by atoms with Gasteiger partial charge in [0.1, 0.15) is 22.0 Å². The molecule has 0 atom stereocenters. The molecule has 1 heterocycles. The maximum Gasteiger partial charge on any atom is 0.340 e. The van der Waals surface area contributed by atoms with Gasteiger partial charge in [-0.2, -0.15) is 4.31 Å². The molecular weight excluding hydrogens is 294 g/mol. The van der Waals surface area contributed by atoms with E-state index < -0.39 is 16.0 Å². The summed E-state index contributed by atoms with van der Waals surface area (Å²) < 4.78 is 32.5. The van der Waals surface area contributed by atoms with E-state index in [0.29, 0.717) is 6.54 Å². The molecule has 1 fully saturated rings. The molecule has 6 nitrogen and oxygen atoms in total. The summed E-state index contributed by atoms with van der Waals surface area (Å²) in [5.74, 6) is -0.994. The summed E-state index contributed by atoms with van der Waals surface area (Å²) in [5, 5.41) is 9.29. The van der Waals surface area contributed by atoms with Crippen LogP contribution >= 0.6 is 0 Å². The normalized spacial score (nSPS) is 15.6. The number of furan rings is 1. The molecule has 0 unspecified atom stereocenters. The Balaban J connectivity index is 2.49. The summed E-state index contributed by atoms with van der Waals surface area (Å²) in [6.45, 7) is 5.39. The van der Waals surface area contributed by atoms with Crippen LogP contribution in [0.25, 0.3) is 0 Å². The van der Waals surface area contributed by atoms with E-state index in [1.807, 2.05) is 6.92 Å². The monoisotopic (exact) mass is 315 g/mol. The second-order valence-electron chi connectivity index (χ2n) is 5.42. The van der Waals surface area contributed by atoms with E-state index in [1.165, 1.54) is 18.2 Å². The summed E-state index contributed by atoms with van der Waals surface area (Å²) in [7, 11) is -3.84. The zero-order valence-electron chi connectivity index (χ0n) is 12.5. The third kappa shape index (κ3) is 2.98. The first kappa shape index (κ1) is 16.0. The molecule has 118 valence electrons. The Hall–Kier alpha value is -1.34. The van der Waals surface area contributed by atoms with Crippen molar-refractivity contribution in [2.24, 2.45) is 0 Å². The van der Waals surface area contributed by atoms with Crippen molar-refractivity contribution in [3.63, 3.8) is 0 Å². The minimum atomic E-state index is -3.84. The van der Waals surface area contributed by atoms with Crippen LogP contribution in [0.4, 0.5) is 0 Å². The molecule has 21 heavy (non-hydrogen) atoms. The fourth-order valence-corrected chi connectivity index (χ4v) is 4.62. The minimum Gasteiger partial charge on any atom is -0.478 e. The van der Waals surface area contributed by atoms with Crippen molar-refractivity contribution in [2.45, 2.75) is 57.4 Å². The van der Waals surface area contributed by atoms with E-state index in [9.17, 15) is 18.3 Å². The van der Waals surface area contributed by atoms with Gasteiger partial charge in [-0.1, -0.05) is 13.3 Å². The van der Waals surface area contributed by atoms with Gasteiger partial charge in [0.25, 0.3) is 0 Å². The number of aromatic carboxylic acids is 1. The first-order valence-corrected chi connectivity index (χ1v) is 8.59. The van der Waals surface area contributed by atoms with Crippen LogP contribution in [0, 0.1) is 13.8 Å². The van der Waals surface area contributed by atoms with Crippen LogP contribution in [0.2, 0.25) is 0 Å². The topological polar surface area (TPSA) is 87.8 Å². The molecular formula is C14H21NO5S. The van der Waals surface area contributed by atoms with E-state index >= 15 is 0 Å². The number of rotatable bonds is 7. The maximum atomic E-state index is 12.9. The summed E-state index contributed by atoms with van der Waals surface area (Å²) >= 11 is 0. The van der Waals surface area contributed by atoms with Gasteiger partial charge in [0.15, 0.2) is 0 Å². The maximum absolute atomic E-state index is 12.9. The van der Waals surface area contributed by atoms with Crippen LogP contribution in [0.15, 0.2) is 9.31 Å². The minimum absolute atomic E-state index is 0.00204. The van der Waals surface area contributed by atoms with E-state index in [1.54, 1.807) is 0 Å². The molecule has 0 aliphatic heterocycles. The van der Waals surface area contributed by atoms with Crippen LogP contribution in [-0.4, -0.2) is 36.4 Å². The molecule has 1 aliphatic carbocycles. The lowest BCUT2D eigenvalue weighted by atomic mass is 10.2. The summed E-state index contributed by atoms with van der Waals surface area (Å²) in [6.07, 6.45) is 3.31. The van der Waals surface area contributed by atoms with Crippen molar-refractivity contribution >= 4 is 16.0 Å². The number of hydrogen-bond donors (Lipinski definition) is 1. The van der Waals surface area contributed by atoms with E-state index in [4.69, 9.17) is 4.42 Å². The number of carbonyl (C=O) groups is 1. The van der Waals surface area contributed by atoms with E-state index in [0.717, 1.165) is 25.7 Å². The fraction of sp³-hybridized carbons (Fsp3) is 0.643. The highest BCUT2D eigenvalue weighted by molar-refractivity contribution is 7.89. The molecule has 1 aromatic rings. The van der Waals surface area contributed by atoms with Crippen molar-refractivity contribution in [3.05, 3.63) is 17.1 Å².